The van der Waals surface area contributed by atoms with Crippen LogP contribution in [-0.4, -0.2) is 39.3 Å². The van der Waals surface area contributed by atoms with Gasteiger partial charge < -0.3 is 15.0 Å². The Labute approximate surface area is 114 Å². The second kappa shape index (κ2) is 6.17. The van der Waals surface area contributed by atoms with Crippen molar-refractivity contribution in [1.29, 1.82) is 0 Å². The number of ether oxygens (including phenoxy) is 1. The van der Waals surface area contributed by atoms with Crippen LogP contribution in [-0.2, 0) is 16.0 Å². The third kappa shape index (κ3) is 2.96. The zero-order valence-electron chi connectivity index (χ0n) is 11.8. The van der Waals surface area contributed by atoms with E-state index in [4.69, 9.17) is 4.74 Å². The zero-order valence-corrected chi connectivity index (χ0v) is 11.8. The van der Waals surface area contributed by atoms with Crippen LogP contribution in [0.5, 0.6) is 0 Å². The van der Waals surface area contributed by atoms with Crippen LogP contribution in [0.2, 0.25) is 0 Å². The van der Waals surface area contributed by atoms with Crippen LogP contribution in [0.25, 0.3) is 0 Å². The highest BCUT2D eigenvalue weighted by Gasteiger charge is 2.35. The minimum absolute atomic E-state index is 0.0964. The Morgan fingerprint density at radius 3 is 2.63 bits per heavy atom. The van der Waals surface area contributed by atoms with Crippen molar-refractivity contribution in [3.8, 4) is 0 Å². The summed E-state index contributed by atoms with van der Waals surface area (Å²) in [6.07, 6.45) is 1.01. The van der Waals surface area contributed by atoms with Crippen molar-refractivity contribution in [3.05, 3.63) is 29.8 Å². The molecule has 19 heavy (non-hydrogen) atoms. The fourth-order valence-corrected chi connectivity index (χ4v) is 2.41. The topological polar surface area (TPSA) is 41.6 Å². The van der Waals surface area contributed by atoms with E-state index >= 15 is 0 Å². The van der Waals surface area contributed by atoms with Gasteiger partial charge in [0.15, 0.2) is 0 Å². The lowest BCUT2D eigenvalue weighted by Gasteiger charge is -2.24. The van der Waals surface area contributed by atoms with Gasteiger partial charge in [0.2, 0.25) is 5.91 Å². The van der Waals surface area contributed by atoms with Gasteiger partial charge in [-0.3, -0.25) is 4.79 Å². The van der Waals surface area contributed by atoms with E-state index in [-0.39, 0.29) is 17.9 Å². The monoisotopic (exact) mass is 262 g/mol. The molecular formula is C15H22N2O2. The largest absolute Gasteiger partial charge is 0.379 e. The summed E-state index contributed by atoms with van der Waals surface area (Å²) in [5, 5.41) is 3.15. The first-order valence-electron chi connectivity index (χ1n) is 6.79. The molecule has 4 nitrogen and oxygen atoms in total. The van der Waals surface area contributed by atoms with Crippen molar-refractivity contribution < 1.29 is 9.53 Å². The molecule has 104 valence electrons. The number of anilines is 1. The summed E-state index contributed by atoms with van der Waals surface area (Å²) in [5.41, 5.74) is 2.21. The lowest BCUT2D eigenvalue weighted by atomic mass is 10.0. The van der Waals surface area contributed by atoms with Crippen LogP contribution >= 0.6 is 0 Å². The van der Waals surface area contributed by atoms with E-state index in [0.29, 0.717) is 13.2 Å². The van der Waals surface area contributed by atoms with Gasteiger partial charge in [0.05, 0.1) is 19.1 Å². The van der Waals surface area contributed by atoms with E-state index < -0.39 is 0 Å². The molecule has 1 saturated heterocycles. The van der Waals surface area contributed by atoms with E-state index in [1.807, 2.05) is 26.2 Å². The van der Waals surface area contributed by atoms with Gasteiger partial charge in [-0.2, -0.15) is 0 Å². The Hall–Kier alpha value is -1.39. The van der Waals surface area contributed by atoms with Crippen LogP contribution in [0, 0.1) is 5.92 Å². The summed E-state index contributed by atoms with van der Waals surface area (Å²) in [7, 11) is 3.70. The molecule has 0 aliphatic carbocycles. The van der Waals surface area contributed by atoms with E-state index in [0.717, 1.165) is 12.1 Å². The average Bonchev–Trinajstić information content (AvgIpc) is 2.94. The molecule has 1 aromatic carbocycles. The summed E-state index contributed by atoms with van der Waals surface area (Å²) in [6.45, 7) is 3.23. The molecule has 1 amide bonds. The Morgan fingerprint density at radius 2 is 2.05 bits per heavy atom. The van der Waals surface area contributed by atoms with E-state index in [1.165, 1.54) is 5.56 Å². The molecule has 0 aromatic heterocycles. The van der Waals surface area contributed by atoms with Crippen LogP contribution in [0.3, 0.4) is 0 Å². The van der Waals surface area contributed by atoms with Gasteiger partial charge in [0, 0.05) is 18.8 Å². The Balaban J connectivity index is 2.09. The van der Waals surface area contributed by atoms with Gasteiger partial charge in [-0.1, -0.05) is 19.1 Å². The molecule has 0 spiro atoms. The maximum atomic E-state index is 12.5. The van der Waals surface area contributed by atoms with Crippen molar-refractivity contribution in [2.24, 2.45) is 5.92 Å². The molecule has 2 rings (SSSR count). The molecule has 0 radical (unpaired) electrons. The SMILES string of the molecule is CCc1ccc(N(C)C(=O)C2COCC2NC)cc1. The second-order valence-electron chi connectivity index (χ2n) is 4.96. The number of likely N-dealkylation sites (N-methyl/N-ethyl adjacent to an activating group) is 1. The van der Waals surface area contributed by atoms with Crippen LogP contribution in [0.4, 0.5) is 5.69 Å². The first-order chi connectivity index (χ1) is 9.17. The first-order valence-corrected chi connectivity index (χ1v) is 6.79. The smallest absolute Gasteiger partial charge is 0.233 e. The number of carbonyl (C=O) groups is 1. The lowest BCUT2D eigenvalue weighted by molar-refractivity contribution is -0.122. The van der Waals surface area contributed by atoms with Gasteiger partial charge in [0.25, 0.3) is 0 Å². The molecule has 0 bridgehead atoms. The number of rotatable bonds is 4. The summed E-state index contributed by atoms with van der Waals surface area (Å²) in [6, 6.07) is 8.26. The van der Waals surface area contributed by atoms with Gasteiger partial charge >= 0.3 is 0 Å². The maximum absolute atomic E-state index is 12.5. The molecule has 1 aliphatic rings. The molecule has 2 atom stereocenters. The summed E-state index contributed by atoms with van der Waals surface area (Å²) in [4.78, 5) is 14.2. The minimum atomic E-state index is -0.0964. The van der Waals surface area contributed by atoms with Gasteiger partial charge in [0.1, 0.15) is 0 Å². The molecule has 1 heterocycles. The van der Waals surface area contributed by atoms with Crippen molar-refractivity contribution >= 4 is 11.6 Å². The number of benzene rings is 1. The Bertz CT molecular complexity index is 430. The van der Waals surface area contributed by atoms with Gasteiger partial charge in [-0.25, -0.2) is 0 Å². The first kappa shape index (κ1) is 14.0. The molecule has 4 heteroatoms. The number of nitrogens with zero attached hydrogens (tertiary/aromatic N) is 1. The fourth-order valence-electron chi connectivity index (χ4n) is 2.41. The van der Waals surface area contributed by atoms with Crippen LogP contribution in [0.15, 0.2) is 24.3 Å². The van der Waals surface area contributed by atoms with E-state index in [2.05, 4.69) is 24.4 Å². The zero-order chi connectivity index (χ0) is 13.8. The quantitative estimate of drug-likeness (QED) is 0.893. The third-order valence-corrected chi connectivity index (χ3v) is 3.83. The Kier molecular flexibility index (Phi) is 4.56. The summed E-state index contributed by atoms with van der Waals surface area (Å²) < 4.78 is 5.39. The molecule has 1 aromatic rings. The third-order valence-electron chi connectivity index (χ3n) is 3.83. The molecule has 1 N–H and O–H groups in total. The Morgan fingerprint density at radius 1 is 1.37 bits per heavy atom. The predicted molar refractivity (Wildman–Crippen MR) is 76.4 cm³/mol. The van der Waals surface area contributed by atoms with Crippen LogP contribution < -0.4 is 10.2 Å². The maximum Gasteiger partial charge on any atom is 0.233 e. The van der Waals surface area contributed by atoms with E-state index in [9.17, 15) is 4.79 Å². The van der Waals surface area contributed by atoms with Crippen molar-refractivity contribution in [2.75, 3.05) is 32.2 Å². The van der Waals surface area contributed by atoms with Gasteiger partial charge in [-0.05, 0) is 31.2 Å². The van der Waals surface area contributed by atoms with Crippen molar-refractivity contribution in [1.82, 2.24) is 5.32 Å². The number of aryl methyl sites for hydroxylation is 1. The number of hydrogen-bond donors (Lipinski definition) is 1. The number of amides is 1. The predicted octanol–water partition coefficient (Wildman–Crippen LogP) is 1.45. The number of carbonyl (C=O) groups excluding carboxylic acids is 1. The lowest BCUT2D eigenvalue weighted by Crippen LogP contribution is -2.43. The molecule has 2 unspecified atom stereocenters. The minimum Gasteiger partial charge on any atom is -0.379 e. The highest BCUT2D eigenvalue weighted by atomic mass is 16.5. The van der Waals surface area contributed by atoms with Crippen molar-refractivity contribution in [3.63, 3.8) is 0 Å². The van der Waals surface area contributed by atoms with Crippen molar-refractivity contribution in [2.45, 2.75) is 19.4 Å². The van der Waals surface area contributed by atoms with Gasteiger partial charge in [-0.15, -0.1) is 0 Å². The summed E-state index contributed by atoms with van der Waals surface area (Å²) in [5.74, 6) is 0.0157. The number of hydrogen-bond acceptors (Lipinski definition) is 3. The van der Waals surface area contributed by atoms with E-state index in [1.54, 1.807) is 4.90 Å². The molecule has 1 fully saturated rings. The van der Waals surface area contributed by atoms with Crippen LogP contribution in [0.1, 0.15) is 12.5 Å². The standard InChI is InChI=1S/C15H22N2O2/c1-4-11-5-7-12(8-6-11)17(3)15(18)13-9-19-10-14(13)16-2/h5-8,13-14,16H,4,9-10H2,1-3H3. The molecule has 1 aliphatic heterocycles. The molecular weight excluding hydrogens is 240 g/mol. The normalized spacial score (nSPS) is 22.5. The fraction of sp³-hybridized carbons (Fsp3) is 0.533. The number of nitrogens with one attached hydrogen (secondary N) is 1. The average molecular weight is 262 g/mol. The molecule has 0 saturated carbocycles. The highest BCUT2D eigenvalue weighted by molar-refractivity contribution is 5.95. The summed E-state index contributed by atoms with van der Waals surface area (Å²) >= 11 is 0. The highest BCUT2D eigenvalue weighted by Crippen LogP contribution is 2.21. The second-order valence-corrected chi connectivity index (χ2v) is 4.96.